The molecule has 1 aromatic rings. The summed E-state index contributed by atoms with van der Waals surface area (Å²) < 4.78 is 1.94. The van der Waals surface area contributed by atoms with Gasteiger partial charge in [-0.3, -0.25) is 4.68 Å². The summed E-state index contributed by atoms with van der Waals surface area (Å²) in [6, 6.07) is 0.476. The van der Waals surface area contributed by atoms with E-state index < -0.39 is 0 Å². The lowest BCUT2D eigenvalue weighted by Gasteiger charge is -2.36. The summed E-state index contributed by atoms with van der Waals surface area (Å²) >= 11 is 0. The molecule has 1 N–H and O–H groups in total. The predicted molar refractivity (Wildman–Crippen MR) is 75.5 cm³/mol. The van der Waals surface area contributed by atoms with Crippen molar-refractivity contribution in [2.45, 2.75) is 52.0 Å². The highest BCUT2D eigenvalue weighted by Gasteiger charge is 2.32. The topological polar surface area (TPSA) is 29.9 Å². The summed E-state index contributed by atoms with van der Waals surface area (Å²) in [5, 5.41) is 8.06. The van der Waals surface area contributed by atoms with Gasteiger partial charge in [0.15, 0.2) is 0 Å². The number of rotatable bonds is 4. The summed E-state index contributed by atoms with van der Waals surface area (Å²) in [7, 11) is 4.11. The average Bonchev–Trinajstić information content (AvgIpc) is 2.70. The zero-order valence-electron chi connectivity index (χ0n) is 12.2. The van der Waals surface area contributed by atoms with Crippen LogP contribution in [0, 0.1) is 18.8 Å². The second-order valence-corrected chi connectivity index (χ2v) is 5.73. The van der Waals surface area contributed by atoms with Crippen molar-refractivity contribution in [3.05, 3.63) is 17.5 Å². The molecule has 0 bridgehead atoms. The van der Waals surface area contributed by atoms with Crippen LogP contribution in [0.25, 0.3) is 0 Å². The van der Waals surface area contributed by atoms with Crippen LogP contribution in [-0.4, -0.2) is 16.8 Å². The molecule has 3 nitrogen and oxygen atoms in total. The maximum atomic E-state index is 4.50. The SMILES string of the molecule is CCC1CCCCC1C(NC)c1cn(C)nc1C. The van der Waals surface area contributed by atoms with Crippen LogP contribution in [0.2, 0.25) is 0 Å². The lowest BCUT2D eigenvalue weighted by atomic mass is 9.72. The molecule has 1 aromatic heterocycles. The fourth-order valence-corrected chi connectivity index (χ4v) is 3.71. The Labute approximate surface area is 111 Å². The van der Waals surface area contributed by atoms with Crippen molar-refractivity contribution in [1.29, 1.82) is 0 Å². The lowest BCUT2D eigenvalue weighted by Crippen LogP contribution is -2.32. The highest BCUT2D eigenvalue weighted by molar-refractivity contribution is 5.21. The Morgan fingerprint density at radius 1 is 1.44 bits per heavy atom. The van der Waals surface area contributed by atoms with E-state index in [0.717, 1.165) is 11.8 Å². The van der Waals surface area contributed by atoms with Crippen LogP contribution < -0.4 is 5.32 Å². The van der Waals surface area contributed by atoms with Gasteiger partial charge >= 0.3 is 0 Å². The van der Waals surface area contributed by atoms with Gasteiger partial charge in [-0.25, -0.2) is 0 Å². The Kier molecular flexibility index (Phi) is 4.44. The van der Waals surface area contributed by atoms with E-state index in [0.29, 0.717) is 6.04 Å². The molecule has 0 aromatic carbocycles. The molecular formula is C15H27N3. The molecule has 0 amide bonds. The molecule has 3 atom stereocenters. The number of aryl methyl sites for hydroxylation is 2. The van der Waals surface area contributed by atoms with Crippen LogP contribution in [0.5, 0.6) is 0 Å². The minimum atomic E-state index is 0.476. The summed E-state index contributed by atoms with van der Waals surface area (Å²) in [5.74, 6) is 1.65. The second-order valence-electron chi connectivity index (χ2n) is 5.73. The van der Waals surface area contributed by atoms with E-state index in [9.17, 15) is 0 Å². The van der Waals surface area contributed by atoms with E-state index in [1.54, 1.807) is 0 Å². The van der Waals surface area contributed by atoms with Crippen LogP contribution in [0.3, 0.4) is 0 Å². The van der Waals surface area contributed by atoms with E-state index in [1.165, 1.54) is 43.4 Å². The summed E-state index contributed by atoms with van der Waals surface area (Å²) in [6.45, 7) is 4.47. The van der Waals surface area contributed by atoms with Crippen molar-refractivity contribution in [1.82, 2.24) is 15.1 Å². The number of nitrogens with one attached hydrogen (secondary N) is 1. The number of hydrogen-bond donors (Lipinski definition) is 1. The van der Waals surface area contributed by atoms with Crippen LogP contribution in [0.15, 0.2) is 6.20 Å². The van der Waals surface area contributed by atoms with Crippen LogP contribution >= 0.6 is 0 Å². The molecule has 3 heteroatoms. The largest absolute Gasteiger partial charge is 0.313 e. The standard InChI is InChI=1S/C15H27N3/c1-5-12-8-6-7-9-13(12)15(16-3)14-10-18(4)17-11(14)2/h10,12-13,15-16H,5-9H2,1-4H3. The van der Waals surface area contributed by atoms with Crippen molar-refractivity contribution in [2.24, 2.45) is 18.9 Å². The molecule has 3 unspecified atom stereocenters. The van der Waals surface area contributed by atoms with Crippen LogP contribution in [-0.2, 0) is 7.05 Å². The highest BCUT2D eigenvalue weighted by atomic mass is 15.3. The fraction of sp³-hybridized carbons (Fsp3) is 0.800. The molecule has 1 heterocycles. The van der Waals surface area contributed by atoms with Gasteiger partial charge in [-0.2, -0.15) is 5.10 Å². The average molecular weight is 249 g/mol. The molecular weight excluding hydrogens is 222 g/mol. The van der Waals surface area contributed by atoms with Crippen molar-refractivity contribution in [2.75, 3.05) is 7.05 Å². The minimum absolute atomic E-state index is 0.476. The van der Waals surface area contributed by atoms with Gasteiger partial charge in [0.05, 0.1) is 5.69 Å². The maximum Gasteiger partial charge on any atom is 0.0641 e. The summed E-state index contributed by atoms with van der Waals surface area (Å²) in [5.41, 5.74) is 2.57. The third-order valence-electron chi connectivity index (χ3n) is 4.62. The van der Waals surface area contributed by atoms with Gasteiger partial charge in [-0.1, -0.05) is 32.6 Å². The molecule has 1 aliphatic rings. The van der Waals surface area contributed by atoms with Gasteiger partial charge in [0, 0.05) is 24.8 Å². The van der Waals surface area contributed by atoms with Gasteiger partial charge in [-0.15, -0.1) is 0 Å². The van der Waals surface area contributed by atoms with E-state index in [1.807, 2.05) is 11.7 Å². The van der Waals surface area contributed by atoms with Crippen molar-refractivity contribution >= 4 is 0 Å². The molecule has 0 spiro atoms. The Hall–Kier alpha value is -0.830. The Morgan fingerprint density at radius 3 is 2.72 bits per heavy atom. The first-order valence-corrected chi connectivity index (χ1v) is 7.34. The zero-order chi connectivity index (χ0) is 13.1. The molecule has 1 aliphatic carbocycles. The van der Waals surface area contributed by atoms with Gasteiger partial charge in [0.1, 0.15) is 0 Å². The van der Waals surface area contributed by atoms with Crippen LogP contribution in [0.1, 0.15) is 56.3 Å². The number of hydrogen-bond acceptors (Lipinski definition) is 2. The predicted octanol–water partition coefficient (Wildman–Crippen LogP) is 3.21. The lowest BCUT2D eigenvalue weighted by molar-refractivity contribution is 0.180. The van der Waals surface area contributed by atoms with Crippen LogP contribution in [0.4, 0.5) is 0 Å². The number of nitrogens with zero attached hydrogens (tertiary/aromatic N) is 2. The normalized spacial score (nSPS) is 26.2. The van der Waals surface area contributed by atoms with E-state index >= 15 is 0 Å². The van der Waals surface area contributed by atoms with E-state index in [-0.39, 0.29) is 0 Å². The minimum Gasteiger partial charge on any atom is -0.313 e. The number of aromatic nitrogens is 2. The van der Waals surface area contributed by atoms with E-state index in [2.05, 4.69) is 37.5 Å². The second kappa shape index (κ2) is 5.87. The Balaban J connectivity index is 2.24. The third kappa shape index (κ3) is 2.61. The van der Waals surface area contributed by atoms with Gasteiger partial charge in [0.25, 0.3) is 0 Å². The van der Waals surface area contributed by atoms with Crippen molar-refractivity contribution in [3.63, 3.8) is 0 Å². The van der Waals surface area contributed by atoms with Crippen molar-refractivity contribution < 1.29 is 0 Å². The first kappa shape index (κ1) is 13.6. The molecule has 2 rings (SSSR count). The smallest absolute Gasteiger partial charge is 0.0641 e. The molecule has 102 valence electrons. The molecule has 0 radical (unpaired) electrons. The van der Waals surface area contributed by atoms with Gasteiger partial charge in [0.2, 0.25) is 0 Å². The molecule has 0 saturated heterocycles. The summed E-state index contributed by atoms with van der Waals surface area (Å²) in [6.07, 6.45) is 9.06. The molecule has 0 aliphatic heterocycles. The molecule has 18 heavy (non-hydrogen) atoms. The highest BCUT2D eigenvalue weighted by Crippen LogP contribution is 2.40. The van der Waals surface area contributed by atoms with Gasteiger partial charge in [-0.05, 0) is 32.2 Å². The molecule has 1 fully saturated rings. The first-order chi connectivity index (χ1) is 8.67. The Bertz CT molecular complexity index is 383. The first-order valence-electron chi connectivity index (χ1n) is 7.34. The van der Waals surface area contributed by atoms with Crippen molar-refractivity contribution in [3.8, 4) is 0 Å². The zero-order valence-corrected chi connectivity index (χ0v) is 12.2. The van der Waals surface area contributed by atoms with E-state index in [4.69, 9.17) is 0 Å². The Morgan fingerprint density at radius 2 is 2.17 bits per heavy atom. The summed E-state index contributed by atoms with van der Waals surface area (Å²) in [4.78, 5) is 0. The third-order valence-corrected chi connectivity index (χ3v) is 4.62. The monoisotopic (exact) mass is 249 g/mol. The maximum absolute atomic E-state index is 4.50. The molecule has 1 saturated carbocycles. The van der Waals surface area contributed by atoms with Gasteiger partial charge < -0.3 is 5.32 Å². The quantitative estimate of drug-likeness (QED) is 0.888. The fourth-order valence-electron chi connectivity index (χ4n) is 3.71.